The molecule has 0 spiro atoms. The van der Waals surface area contributed by atoms with E-state index in [0.29, 0.717) is 23.4 Å². The highest BCUT2D eigenvalue weighted by atomic mass is 32.2. The fourth-order valence-electron chi connectivity index (χ4n) is 5.11. The van der Waals surface area contributed by atoms with Gasteiger partial charge in [-0.05, 0) is 65.9 Å². The molecule has 0 amide bonds. The van der Waals surface area contributed by atoms with Crippen LogP contribution in [0.2, 0.25) is 0 Å². The van der Waals surface area contributed by atoms with Crippen LogP contribution in [0.25, 0.3) is 11.1 Å². The third kappa shape index (κ3) is 3.41. The van der Waals surface area contributed by atoms with E-state index in [2.05, 4.69) is 5.32 Å². The Balaban J connectivity index is 1.63. The van der Waals surface area contributed by atoms with Crippen molar-refractivity contribution < 1.29 is 17.9 Å². The molecule has 5 nitrogen and oxygen atoms in total. The van der Waals surface area contributed by atoms with Gasteiger partial charge >= 0.3 is 0 Å². The van der Waals surface area contributed by atoms with Crippen molar-refractivity contribution in [3.8, 4) is 11.1 Å². The molecule has 3 aromatic rings. The molecule has 2 N–H and O–H groups in total. The number of aliphatic hydroxyl groups excluding tert-OH is 1. The molecular weight excluding hydrogens is 427 g/mol. The summed E-state index contributed by atoms with van der Waals surface area (Å²) in [6.07, 6.45) is 0.650. The number of rotatable bonds is 4. The van der Waals surface area contributed by atoms with Crippen LogP contribution in [0.3, 0.4) is 0 Å². The van der Waals surface area contributed by atoms with E-state index in [1.807, 2.05) is 30.3 Å². The summed E-state index contributed by atoms with van der Waals surface area (Å²) < 4.78 is 42.8. The van der Waals surface area contributed by atoms with E-state index in [4.69, 9.17) is 0 Å². The van der Waals surface area contributed by atoms with Gasteiger partial charge in [0.25, 0.3) is 0 Å². The van der Waals surface area contributed by atoms with Crippen molar-refractivity contribution in [3.05, 3.63) is 83.7 Å². The number of aliphatic hydroxyl groups is 1. The van der Waals surface area contributed by atoms with Crippen LogP contribution in [0.4, 0.5) is 10.1 Å². The van der Waals surface area contributed by atoms with E-state index < -0.39 is 16.1 Å². The zero-order valence-corrected chi connectivity index (χ0v) is 18.5. The van der Waals surface area contributed by atoms with Gasteiger partial charge in [-0.15, -0.1) is 0 Å². The molecule has 0 radical (unpaired) electrons. The number of halogens is 1. The summed E-state index contributed by atoms with van der Waals surface area (Å²) in [5, 5.41) is 13.4. The van der Waals surface area contributed by atoms with Crippen molar-refractivity contribution in [1.82, 2.24) is 4.31 Å². The third-order valence-electron chi connectivity index (χ3n) is 6.66. The van der Waals surface area contributed by atoms with Gasteiger partial charge < -0.3 is 10.4 Å². The van der Waals surface area contributed by atoms with E-state index in [1.165, 1.54) is 12.1 Å². The van der Waals surface area contributed by atoms with Crippen LogP contribution >= 0.6 is 0 Å². The summed E-state index contributed by atoms with van der Waals surface area (Å²) in [7, 11) is -3.73. The lowest BCUT2D eigenvalue weighted by Gasteiger charge is -2.39. The predicted molar refractivity (Wildman–Crippen MR) is 122 cm³/mol. The van der Waals surface area contributed by atoms with E-state index in [0.717, 1.165) is 22.4 Å². The van der Waals surface area contributed by atoms with E-state index in [-0.39, 0.29) is 24.4 Å². The Kier molecular flexibility index (Phi) is 5.28. The topological polar surface area (TPSA) is 69.6 Å². The quantitative estimate of drug-likeness (QED) is 0.618. The SMILES string of the molecule is Cc1ccccc1S(=O)(=O)N1CC[C@@H]2[C@@H](CO)Nc3ccc(-c4cccc(F)c4)cc3[C@@H]21. The first-order chi connectivity index (χ1) is 15.4. The molecule has 2 aliphatic rings. The van der Waals surface area contributed by atoms with Crippen molar-refractivity contribution in [2.45, 2.75) is 30.3 Å². The number of benzene rings is 3. The molecule has 0 bridgehead atoms. The molecule has 5 rings (SSSR count). The van der Waals surface area contributed by atoms with E-state index >= 15 is 0 Å². The minimum atomic E-state index is -3.73. The highest BCUT2D eigenvalue weighted by molar-refractivity contribution is 7.89. The molecule has 2 heterocycles. The third-order valence-corrected chi connectivity index (χ3v) is 8.70. The highest BCUT2D eigenvalue weighted by Crippen LogP contribution is 2.49. The molecule has 3 atom stereocenters. The molecule has 0 saturated carbocycles. The maximum absolute atomic E-state index is 13.8. The Hall–Kier alpha value is -2.74. The first kappa shape index (κ1) is 21.1. The number of hydrogen-bond acceptors (Lipinski definition) is 4. The van der Waals surface area contributed by atoms with Crippen molar-refractivity contribution in [3.63, 3.8) is 0 Å². The lowest BCUT2D eigenvalue weighted by Crippen LogP contribution is -2.42. The van der Waals surface area contributed by atoms with Crippen LogP contribution in [0.5, 0.6) is 0 Å². The van der Waals surface area contributed by atoms with Gasteiger partial charge in [-0.25, -0.2) is 12.8 Å². The van der Waals surface area contributed by atoms with Gasteiger partial charge in [0, 0.05) is 18.2 Å². The second kappa shape index (κ2) is 7.99. The van der Waals surface area contributed by atoms with E-state index in [1.54, 1.807) is 35.5 Å². The van der Waals surface area contributed by atoms with Crippen molar-refractivity contribution in [2.75, 3.05) is 18.5 Å². The minimum absolute atomic E-state index is 0.0611. The number of nitrogens with one attached hydrogen (secondary N) is 1. The average Bonchev–Trinajstić information content (AvgIpc) is 3.25. The largest absolute Gasteiger partial charge is 0.394 e. The van der Waals surface area contributed by atoms with Gasteiger partial charge in [0.2, 0.25) is 10.0 Å². The highest BCUT2D eigenvalue weighted by Gasteiger charge is 2.48. The molecule has 1 saturated heterocycles. The maximum Gasteiger partial charge on any atom is 0.243 e. The Morgan fingerprint density at radius 1 is 1.06 bits per heavy atom. The second-order valence-electron chi connectivity index (χ2n) is 8.52. The summed E-state index contributed by atoms with van der Waals surface area (Å²) in [4.78, 5) is 0.308. The van der Waals surface area contributed by atoms with Crippen molar-refractivity contribution in [2.24, 2.45) is 5.92 Å². The van der Waals surface area contributed by atoms with Crippen LogP contribution in [-0.2, 0) is 10.0 Å². The molecule has 166 valence electrons. The molecule has 7 heteroatoms. The zero-order valence-electron chi connectivity index (χ0n) is 17.7. The Morgan fingerprint density at radius 3 is 2.59 bits per heavy atom. The monoisotopic (exact) mass is 452 g/mol. The number of fused-ring (bicyclic) bond motifs is 3. The zero-order chi connectivity index (χ0) is 22.5. The van der Waals surface area contributed by atoms with Gasteiger partial charge in [0.05, 0.1) is 23.6 Å². The molecule has 0 aromatic heterocycles. The standard InChI is InChI=1S/C25H25FN2O3S/c1-16-5-2-3-8-24(16)32(30,31)28-12-11-20-23(15-29)27-22-10-9-18(14-21(22)25(20)28)17-6-4-7-19(26)13-17/h2-10,13-14,20,23,25,27,29H,11-12,15H2,1H3/t20-,23-,25-/m1/s1. The number of nitrogens with zero attached hydrogens (tertiary/aromatic N) is 1. The Labute approximate surface area is 187 Å². The van der Waals surface area contributed by atoms with Crippen LogP contribution in [-0.4, -0.2) is 37.0 Å². The van der Waals surface area contributed by atoms with Gasteiger partial charge in [-0.1, -0.05) is 36.4 Å². The molecule has 0 aliphatic carbocycles. The number of anilines is 1. The molecule has 32 heavy (non-hydrogen) atoms. The normalized spacial score (nSPS) is 22.8. The Morgan fingerprint density at radius 2 is 1.84 bits per heavy atom. The predicted octanol–water partition coefficient (Wildman–Crippen LogP) is 4.34. The minimum Gasteiger partial charge on any atom is -0.394 e. The smallest absolute Gasteiger partial charge is 0.243 e. The summed E-state index contributed by atoms with van der Waals surface area (Å²) in [5.41, 5.74) is 3.93. The van der Waals surface area contributed by atoms with Gasteiger partial charge in [0.15, 0.2) is 0 Å². The van der Waals surface area contributed by atoms with Crippen LogP contribution in [0.1, 0.15) is 23.6 Å². The molecular formula is C25H25FN2O3S. The van der Waals surface area contributed by atoms with Crippen molar-refractivity contribution >= 4 is 15.7 Å². The maximum atomic E-state index is 13.8. The molecule has 0 unspecified atom stereocenters. The van der Waals surface area contributed by atoms with Crippen molar-refractivity contribution in [1.29, 1.82) is 0 Å². The first-order valence-electron chi connectivity index (χ1n) is 10.7. The summed E-state index contributed by atoms with van der Waals surface area (Å²) >= 11 is 0. The van der Waals surface area contributed by atoms with Crippen LogP contribution in [0, 0.1) is 18.7 Å². The van der Waals surface area contributed by atoms with Crippen LogP contribution in [0.15, 0.2) is 71.6 Å². The Bertz CT molecular complexity index is 1280. The summed E-state index contributed by atoms with van der Waals surface area (Å²) in [6.45, 7) is 2.10. The number of sulfonamides is 1. The lowest BCUT2D eigenvalue weighted by molar-refractivity contribution is 0.210. The number of aryl methyl sites for hydroxylation is 1. The second-order valence-corrected chi connectivity index (χ2v) is 10.4. The fraction of sp³-hybridized carbons (Fsp3) is 0.280. The fourth-order valence-corrected chi connectivity index (χ4v) is 7.00. The molecule has 2 aliphatic heterocycles. The van der Waals surface area contributed by atoms with Gasteiger partial charge in [-0.3, -0.25) is 0 Å². The van der Waals surface area contributed by atoms with E-state index in [9.17, 15) is 17.9 Å². The lowest BCUT2D eigenvalue weighted by atomic mass is 9.82. The molecule has 1 fully saturated rings. The molecule has 3 aromatic carbocycles. The summed E-state index contributed by atoms with van der Waals surface area (Å²) in [5.74, 6) is -0.379. The average molecular weight is 453 g/mol. The number of hydrogen-bond donors (Lipinski definition) is 2. The van der Waals surface area contributed by atoms with Gasteiger partial charge in [0.1, 0.15) is 5.82 Å². The summed E-state index contributed by atoms with van der Waals surface area (Å²) in [6, 6.07) is 18.5. The van der Waals surface area contributed by atoms with Crippen LogP contribution < -0.4 is 5.32 Å². The first-order valence-corrected chi connectivity index (χ1v) is 12.2. The van der Waals surface area contributed by atoms with Gasteiger partial charge in [-0.2, -0.15) is 4.31 Å².